The van der Waals surface area contributed by atoms with Crippen molar-refractivity contribution in [1.82, 2.24) is 10.2 Å². The molecule has 0 spiro atoms. The molecule has 0 aromatic carbocycles. The Balaban J connectivity index is 4.87. The third-order valence-electron chi connectivity index (χ3n) is 3.88. The number of nitrogens with one attached hydrogen (secondary N) is 1. The first-order chi connectivity index (χ1) is 8.58. The zero-order valence-corrected chi connectivity index (χ0v) is 14.0. The predicted molar refractivity (Wildman–Crippen MR) is 80.3 cm³/mol. The molecule has 0 saturated carbocycles. The fourth-order valence-corrected chi connectivity index (χ4v) is 2.12. The fraction of sp³-hybridized carbons (Fsp3) is 0.933. The summed E-state index contributed by atoms with van der Waals surface area (Å²) in [6.07, 6.45) is 0.991. The minimum Gasteiger partial charge on any atom is -0.468 e. The second kappa shape index (κ2) is 7.25. The van der Waals surface area contributed by atoms with Crippen molar-refractivity contribution in [2.75, 3.05) is 27.2 Å². The van der Waals surface area contributed by atoms with Crippen LogP contribution in [-0.2, 0) is 9.53 Å². The maximum atomic E-state index is 12.0. The van der Waals surface area contributed by atoms with Gasteiger partial charge in [-0.25, -0.2) is 0 Å². The number of rotatable bonds is 7. The number of carbonyl (C=O) groups is 1. The van der Waals surface area contributed by atoms with Crippen molar-refractivity contribution < 1.29 is 9.53 Å². The highest BCUT2D eigenvalue weighted by molar-refractivity contribution is 5.80. The monoisotopic (exact) mass is 272 g/mol. The van der Waals surface area contributed by atoms with Gasteiger partial charge in [-0.15, -0.1) is 0 Å². The van der Waals surface area contributed by atoms with E-state index in [1.54, 1.807) is 0 Å². The smallest absolute Gasteiger partial charge is 0.327 e. The van der Waals surface area contributed by atoms with Crippen LogP contribution in [0.5, 0.6) is 0 Å². The highest BCUT2D eigenvalue weighted by Crippen LogP contribution is 2.24. The molecule has 0 aliphatic carbocycles. The Morgan fingerprint density at radius 3 is 2.21 bits per heavy atom. The lowest BCUT2D eigenvalue weighted by Crippen LogP contribution is -2.59. The lowest BCUT2D eigenvalue weighted by Gasteiger charge is -2.40. The van der Waals surface area contributed by atoms with E-state index in [2.05, 4.69) is 51.9 Å². The third-order valence-corrected chi connectivity index (χ3v) is 3.88. The van der Waals surface area contributed by atoms with Crippen molar-refractivity contribution >= 4 is 5.97 Å². The van der Waals surface area contributed by atoms with Crippen LogP contribution in [0.4, 0.5) is 0 Å². The number of ether oxygens (including phenoxy) is 1. The summed E-state index contributed by atoms with van der Waals surface area (Å²) >= 11 is 0. The maximum Gasteiger partial charge on any atom is 0.327 e. The summed E-state index contributed by atoms with van der Waals surface area (Å²) in [6.45, 7) is 14.3. The second-order valence-corrected chi connectivity index (χ2v) is 6.71. The number of likely N-dealkylation sites (N-methyl/N-ethyl adjacent to an activating group) is 1. The molecule has 2 unspecified atom stereocenters. The predicted octanol–water partition coefficient (Wildman–Crippen LogP) is 2.28. The number of carbonyl (C=O) groups excluding carboxylic acids is 1. The molecule has 19 heavy (non-hydrogen) atoms. The van der Waals surface area contributed by atoms with Crippen molar-refractivity contribution in [1.29, 1.82) is 0 Å². The van der Waals surface area contributed by atoms with Gasteiger partial charge in [0.1, 0.15) is 5.54 Å². The van der Waals surface area contributed by atoms with Gasteiger partial charge in [0.25, 0.3) is 0 Å². The molecule has 0 saturated heterocycles. The molecule has 0 aromatic heterocycles. The van der Waals surface area contributed by atoms with Crippen LogP contribution in [0.15, 0.2) is 0 Å². The topological polar surface area (TPSA) is 41.6 Å². The molecule has 0 heterocycles. The number of nitrogens with zero attached hydrogens (tertiary/aromatic N) is 1. The molecule has 0 rings (SSSR count). The van der Waals surface area contributed by atoms with Crippen molar-refractivity contribution in [2.24, 2.45) is 5.41 Å². The van der Waals surface area contributed by atoms with Gasteiger partial charge in [0, 0.05) is 12.6 Å². The Morgan fingerprint density at radius 2 is 1.84 bits per heavy atom. The molecule has 114 valence electrons. The first kappa shape index (κ1) is 18.4. The zero-order valence-electron chi connectivity index (χ0n) is 14.0. The van der Waals surface area contributed by atoms with E-state index in [0.717, 1.165) is 13.0 Å². The molecular weight excluding hydrogens is 240 g/mol. The van der Waals surface area contributed by atoms with E-state index in [4.69, 9.17) is 4.74 Å². The quantitative estimate of drug-likeness (QED) is 0.722. The number of hydrogen-bond acceptors (Lipinski definition) is 4. The van der Waals surface area contributed by atoms with Crippen LogP contribution in [0, 0.1) is 5.41 Å². The fourth-order valence-electron chi connectivity index (χ4n) is 2.12. The van der Waals surface area contributed by atoms with E-state index in [1.807, 2.05) is 6.92 Å². The van der Waals surface area contributed by atoms with Crippen LogP contribution < -0.4 is 5.32 Å². The van der Waals surface area contributed by atoms with E-state index in [-0.39, 0.29) is 11.4 Å². The van der Waals surface area contributed by atoms with E-state index in [1.165, 1.54) is 7.11 Å². The van der Waals surface area contributed by atoms with Crippen LogP contribution in [-0.4, -0.2) is 49.7 Å². The van der Waals surface area contributed by atoms with Crippen molar-refractivity contribution in [3.63, 3.8) is 0 Å². The average Bonchev–Trinajstić information content (AvgIpc) is 2.33. The van der Waals surface area contributed by atoms with Crippen LogP contribution in [0.25, 0.3) is 0 Å². The summed E-state index contributed by atoms with van der Waals surface area (Å²) < 4.78 is 4.95. The summed E-state index contributed by atoms with van der Waals surface area (Å²) in [6, 6.07) is 0.375. The van der Waals surface area contributed by atoms with E-state index in [0.29, 0.717) is 12.6 Å². The molecule has 0 radical (unpaired) electrons. The zero-order chi connectivity index (χ0) is 15.3. The van der Waals surface area contributed by atoms with Crippen molar-refractivity contribution in [2.45, 2.75) is 59.5 Å². The summed E-state index contributed by atoms with van der Waals surface area (Å²) in [7, 11) is 3.51. The Labute approximate surface area is 118 Å². The van der Waals surface area contributed by atoms with Gasteiger partial charge in [0.15, 0.2) is 0 Å². The van der Waals surface area contributed by atoms with E-state index >= 15 is 0 Å². The maximum absolute atomic E-state index is 12.0. The minimum atomic E-state index is -0.654. The van der Waals surface area contributed by atoms with Gasteiger partial charge in [-0.3, -0.25) is 4.79 Å². The Kier molecular flexibility index (Phi) is 7.01. The largest absolute Gasteiger partial charge is 0.468 e. The van der Waals surface area contributed by atoms with Crippen molar-refractivity contribution in [3.05, 3.63) is 0 Å². The number of esters is 1. The summed E-state index contributed by atoms with van der Waals surface area (Å²) in [4.78, 5) is 14.3. The molecule has 4 heteroatoms. The standard InChI is InChI=1S/C15H32N2O2/c1-9-10-16-15(6,13(18)19-8)11-17(7)12(2)14(3,4)5/h12,16H,9-11H2,1-8H3. The van der Waals surface area contributed by atoms with E-state index in [9.17, 15) is 4.79 Å². The SMILES string of the molecule is CCCNC(C)(CN(C)C(C)C(C)(C)C)C(=O)OC. The molecule has 0 amide bonds. The summed E-state index contributed by atoms with van der Waals surface area (Å²) in [5, 5.41) is 3.32. The molecule has 1 N–H and O–H groups in total. The second-order valence-electron chi connectivity index (χ2n) is 6.71. The first-order valence-electron chi connectivity index (χ1n) is 7.12. The molecule has 0 bridgehead atoms. The summed E-state index contributed by atoms with van der Waals surface area (Å²) in [5.41, 5.74) is -0.477. The third kappa shape index (κ3) is 5.49. The van der Waals surface area contributed by atoms with Crippen LogP contribution in [0.2, 0.25) is 0 Å². The molecule has 4 nitrogen and oxygen atoms in total. The first-order valence-corrected chi connectivity index (χ1v) is 7.12. The highest BCUT2D eigenvalue weighted by atomic mass is 16.5. The summed E-state index contributed by atoms with van der Waals surface area (Å²) in [5.74, 6) is -0.200. The van der Waals surface area contributed by atoms with Gasteiger partial charge >= 0.3 is 5.97 Å². The van der Waals surface area contributed by atoms with Gasteiger partial charge in [0.2, 0.25) is 0 Å². The molecule has 0 aromatic rings. The minimum absolute atomic E-state index is 0.177. The molecule has 0 fully saturated rings. The molecular formula is C15H32N2O2. The normalized spacial score (nSPS) is 17.1. The van der Waals surface area contributed by atoms with Crippen molar-refractivity contribution in [3.8, 4) is 0 Å². The lowest BCUT2D eigenvalue weighted by molar-refractivity contribution is -0.149. The number of hydrogen-bond donors (Lipinski definition) is 1. The average molecular weight is 272 g/mol. The Bertz CT molecular complexity index is 286. The lowest BCUT2D eigenvalue weighted by atomic mass is 9.86. The highest BCUT2D eigenvalue weighted by Gasteiger charge is 2.37. The van der Waals surface area contributed by atoms with Crippen LogP contribution >= 0.6 is 0 Å². The van der Waals surface area contributed by atoms with E-state index < -0.39 is 5.54 Å². The number of methoxy groups -OCH3 is 1. The van der Waals surface area contributed by atoms with Gasteiger partial charge < -0.3 is 15.0 Å². The van der Waals surface area contributed by atoms with Gasteiger partial charge in [0.05, 0.1) is 7.11 Å². The van der Waals surface area contributed by atoms with Gasteiger partial charge in [-0.05, 0) is 39.3 Å². The van der Waals surface area contributed by atoms with Gasteiger partial charge in [-0.2, -0.15) is 0 Å². The van der Waals surface area contributed by atoms with Crippen LogP contribution in [0.3, 0.4) is 0 Å². The molecule has 2 atom stereocenters. The van der Waals surface area contributed by atoms with Crippen LogP contribution in [0.1, 0.15) is 48.0 Å². The molecule has 0 aliphatic rings. The Hall–Kier alpha value is -0.610. The molecule has 0 aliphatic heterocycles. The van der Waals surface area contributed by atoms with Gasteiger partial charge in [-0.1, -0.05) is 27.7 Å². The Morgan fingerprint density at radius 1 is 1.32 bits per heavy atom.